The van der Waals surface area contributed by atoms with Crippen molar-refractivity contribution in [3.8, 4) is 0 Å². The molecule has 156 valence electrons. The Hall–Kier alpha value is -0.550. The monoisotopic (exact) mass is 515 g/mol. The van der Waals surface area contributed by atoms with Gasteiger partial charge in [-0.05, 0) is 19.8 Å². The van der Waals surface area contributed by atoms with E-state index in [4.69, 9.17) is 0 Å². The third-order valence-electron chi connectivity index (χ3n) is 4.36. The molecule has 0 radical (unpaired) electrons. The molecule has 0 bridgehead atoms. The summed E-state index contributed by atoms with van der Waals surface area (Å²) in [5.41, 5.74) is 1.14. The van der Waals surface area contributed by atoms with Crippen LogP contribution in [0.3, 0.4) is 0 Å². The zero-order valence-electron chi connectivity index (χ0n) is 16.6. The maximum atomic E-state index is 12.5. The number of hydrogen-bond acceptors (Lipinski definition) is 4. The largest absolute Gasteiger partial charge is 0.357 e. The SMILES string of the molecule is CCNC(=NCc1nc(C(C)(C)C)cs1)NC1CCN(CC(F)F)CC1.I. The fraction of sp³-hybridized carbons (Fsp3) is 0.778. The van der Waals surface area contributed by atoms with E-state index in [1.54, 1.807) is 11.3 Å². The van der Waals surface area contributed by atoms with Crippen LogP contribution in [0.1, 0.15) is 51.2 Å². The molecule has 1 saturated heterocycles. The second kappa shape index (κ2) is 11.5. The topological polar surface area (TPSA) is 52.6 Å². The highest BCUT2D eigenvalue weighted by molar-refractivity contribution is 14.0. The van der Waals surface area contributed by atoms with Gasteiger partial charge < -0.3 is 10.6 Å². The number of nitrogens with one attached hydrogen (secondary N) is 2. The Kier molecular flexibility index (Phi) is 10.4. The van der Waals surface area contributed by atoms with Gasteiger partial charge in [-0.15, -0.1) is 35.3 Å². The summed E-state index contributed by atoms with van der Waals surface area (Å²) in [7, 11) is 0. The van der Waals surface area contributed by atoms with Gasteiger partial charge in [0.05, 0.1) is 18.8 Å². The van der Waals surface area contributed by atoms with E-state index in [1.807, 2.05) is 11.8 Å². The van der Waals surface area contributed by atoms with E-state index in [2.05, 4.69) is 46.8 Å². The van der Waals surface area contributed by atoms with E-state index in [0.29, 0.717) is 19.6 Å². The van der Waals surface area contributed by atoms with Crippen LogP contribution < -0.4 is 10.6 Å². The predicted octanol–water partition coefficient (Wildman–Crippen LogP) is 3.84. The number of halogens is 3. The highest BCUT2D eigenvalue weighted by atomic mass is 127. The van der Waals surface area contributed by atoms with Crippen molar-refractivity contribution in [2.75, 3.05) is 26.2 Å². The van der Waals surface area contributed by atoms with Crippen molar-refractivity contribution < 1.29 is 8.78 Å². The van der Waals surface area contributed by atoms with Crippen molar-refractivity contribution in [2.24, 2.45) is 4.99 Å². The molecule has 1 aromatic heterocycles. The highest BCUT2D eigenvalue weighted by Crippen LogP contribution is 2.24. The summed E-state index contributed by atoms with van der Waals surface area (Å²) in [5, 5.41) is 9.80. The number of likely N-dealkylation sites (tertiary alicyclic amines) is 1. The van der Waals surface area contributed by atoms with E-state index in [9.17, 15) is 8.78 Å². The summed E-state index contributed by atoms with van der Waals surface area (Å²) >= 11 is 1.64. The zero-order valence-corrected chi connectivity index (χ0v) is 19.7. The molecule has 1 aromatic rings. The molecule has 1 fully saturated rings. The molecule has 2 N–H and O–H groups in total. The van der Waals surface area contributed by atoms with E-state index in [1.165, 1.54) is 0 Å². The van der Waals surface area contributed by atoms with E-state index in [0.717, 1.165) is 36.0 Å². The molecule has 0 aromatic carbocycles. The Balaban J connectivity index is 0.00000364. The first-order valence-corrected chi connectivity index (χ1v) is 10.2. The molecule has 1 aliphatic rings. The minimum atomic E-state index is -2.25. The van der Waals surface area contributed by atoms with Gasteiger partial charge in [0.1, 0.15) is 5.01 Å². The van der Waals surface area contributed by atoms with Crippen molar-refractivity contribution in [3.63, 3.8) is 0 Å². The van der Waals surface area contributed by atoms with Crippen molar-refractivity contribution in [3.05, 3.63) is 16.1 Å². The Morgan fingerprint density at radius 1 is 1.37 bits per heavy atom. The number of hydrogen-bond donors (Lipinski definition) is 2. The molecule has 2 rings (SSSR count). The standard InChI is InChI=1S/C18H31F2N5S.HI/c1-5-21-17(22-10-16-24-14(12-26-16)18(2,3)4)23-13-6-8-25(9-7-13)11-15(19)20;/h12-13,15H,5-11H2,1-4H3,(H2,21,22,23);1H. The number of alkyl halides is 2. The third kappa shape index (κ3) is 8.55. The van der Waals surface area contributed by atoms with E-state index >= 15 is 0 Å². The number of thiazole rings is 1. The molecule has 0 unspecified atom stereocenters. The molecule has 9 heteroatoms. The average molecular weight is 515 g/mol. The van der Waals surface area contributed by atoms with Gasteiger partial charge in [0.15, 0.2) is 5.96 Å². The minimum absolute atomic E-state index is 0. The summed E-state index contributed by atoms with van der Waals surface area (Å²) in [6.07, 6.45) is -0.555. The average Bonchev–Trinajstić information content (AvgIpc) is 3.03. The summed E-state index contributed by atoms with van der Waals surface area (Å²) in [4.78, 5) is 11.2. The van der Waals surface area contributed by atoms with Crippen LogP contribution in [0.15, 0.2) is 10.4 Å². The second-order valence-electron chi connectivity index (χ2n) is 7.68. The lowest BCUT2D eigenvalue weighted by Crippen LogP contribution is -2.49. The third-order valence-corrected chi connectivity index (χ3v) is 5.20. The summed E-state index contributed by atoms with van der Waals surface area (Å²) in [6.45, 7) is 11.1. The lowest BCUT2D eigenvalue weighted by atomic mass is 9.93. The van der Waals surface area contributed by atoms with Crippen LogP contribution in [0.2, 0.25) is 0 Å². The van der Waals surface area contributed by atoms with Crippen LogP contribution in [0, 0.1) is 0 Å². The molecular weight excluding hydrogens is 483 g/mol. The molecule has 0 spiro atoms. The number of aromatic nitrogens is 1. The van der Waals surface area contributed by atoms with Gasteiger partial charge in [0, 0.05) is 36.5 Å². The maximum absolute atomic E-state index is 12.5. The molecule has 0 amide bonds. The van der Waals surface area contributed by atoms with Crippen molar-refractivity contribution >= 4 is 41.3 Å². The Morgan fingerprint density at radius 3 is 2.56 bits per heavy atom. The predicted molar refractivity (Wildman–Crippen MR) is 120 cm³/mol. The fourth-order valence-electron chi connectivity index (χ4n) is 2.84. The van der Waals surface area contributed by atoms with Crippen LogP contribution in [0.25, 0.3) is 0 Å². The van der Waals surface area contributed by atoms with Crippen molar-refractivity contribution in [1.29, 1.82) is 0 Å². The van der Waals surface area contributed by atoms with Crippen molar-refractivity contribution in [1.82, 2.24) is 20.5 Å². The van der Waals surface area contributed by atoms with Gasteiger partial charge in [0.25, 0.3) is 6.43 Å². The Bertz CT molecular complexity index is 581. The van der Waals surface area contributed by atoms with Gasteiger partial charge >= 0.3 is 0 Å². The normalized spacial score (nSPS) is 17.1. The van der Waals surface area contributed by atoms with Crippen LogP contribution in [-0.4, -0.2) is 54.5 Å². The fourth-order valence-corrected chi connectivity index (χ4v) is 3.79. The van der Waals surface area contributed by atoms with Gasteiger partial charge in [-0.2, -0.15) is 0 Å². The summed E-state index contributed by atoms with van der Waals surface area (Å²) in [5.74, 6) is 0.771. The number of aliphatic imine (C=N–C) groups is 1. The van der Waals surface area contributed by atoms with Crippen LogP contribution in [0.4, 0.5) is 8.78 Å². The molecular formula is C18H32F2IN5S. The molecule has 5 nitrogen and oxygen atoms in total. The number of guanidine groups is 1. The second-order valence-corrected chi connectivity index (χ2v) is 8.62. The van der Waals surface area contributed by atoms with Crippen LogP contribution >= 0.6 is 35.3 Å². The molecule has 27 heavy (non-hydrogen) atoms. The van der Waals surface area contributed by atoms with Crippen molar-refractivity contribution in [2.45, 2.75) is 65.0 Å². The lowest BCUT2D eigenvalue weighted by molar-refractivity contribution is 0.0744. The first-order chi connectivity index (χ1) is 12.3. The van der Waals surface area contributed by atoms with Crippen LogP contribution in [0.5, 0.6) is 0 Å². The molecule has 0 saturated carbocycles. The molecule has 0 aliphatic carbocycles. The number of nitrogens with zero attached hydrogens (tertiary/aromatic N) is 3. The highest BCUT2D eigenvalue weighted by Gasteiger charge is 2.22. The Labute approximate surface area is 182 Å². The summed E-state index contributed by atoms with van der Waals surface area (Å²) < 4.78 is 24.9. The lowest BCUT2D eigenvalue weighted by Gasteiger charge is -2.32. The Morgan fingerprint density at radius 2 is 2.04 bits per heavy atom. The smallest absolute Gasteiger partial charge is 0.251 e. The minimum Gasteiger partial charge on any atom is -0.357 e. The number of rotatable bonds is 6. The quantitative estimate of drug-likeness (QED) is 0.344. The van der Waals surface area contributed by atoms with Gasteiger partial charge in [-0.25, -0.2) is 18.8 Å². The zero-order chi connectivity index (χ0) is 19.2. The first-order valence-electron chi connectivity index (χ1n) is 9.28. The van der Waals surface area contributed by atoms with E-state index < -0.39 is 6.43 Å². The number of piperidine rings is 1. The molecule has 0 atom stereocenters. The van der Waals surface area contributed by atoms with Gasteiger partial charge in [-0.1, -0.05) is 20.8 Å². The first kappa shape index (κ1) is 24.5. The molecule has 2 heterocycles. The molecule has 1 aliphatic heterocycles. The summed E-state index contributed by atoms with van der Waals surface area (Å²) in [6, 6.07) is 0.267. The van der Waals surface area contributed by atoms with Crippen LogP contribution in [-0.2, 0) is 12.0 Å². The van der Waals surface area contributed by atoms with E-state index in [-0.39, 0.29) is 42.0 Å². The van der Waals surface area contributed by atoms with Gasteiger partial charge in [-0.3, -0.25) is 4.90 Å². The maximum Gasteiger partial charge on any atom is 0.251 e. The van der Waals surface area contributed by atoms with Gasteiger partial charge in [0.2, 0.25) is 0 Å².